The first-order valence-electron chi connectivity index (χ1n) is 15.0. The Morgan fingerprint density at radius 1 is 1.02 bits per heavy atom. The number of likely N-dealkylation sites (tertiary alicyclic amines) is 1. The summed E-state index contributed by atoms with van der Waals surface area (Å²) < 4.78 is 32.0. The van der Waals surface area contributed by atoms with Crippen molar-refractivity contribution < 1.29 is 37.8 Å². The van der Waals surface area contributed by atoms with Gasteiger partial charge in [0.15, 0.2) is 18.1 Å². The predicted octanol–water partition coefficient (Wildman–Crippen LogP) is 2.77. The first kappa shape index (κ1) is 30.7. The molecule has 0 saturated carbocycles. The van der Waals surface area contributed by atoms with E-state index in [0.29, 0.717) is 48.6 Å². The van der Waals surface area contributed by atoms with Crippen LogP contribution in [0.1, 0.15) is 38.3 Å². The summed E-state index contributed by atoms with van der Waals surface area (Å²) in [5.41, 5.74) is 2.68. The van der Waals surface area contributed by atoms with Crippen molar-refractivity contribution in [3.8, 4) is 17.2 Å². The van der Waals surface area contributed by atoms with Gasteiger partial charge in [-0.2, -0.15) is 0 Å². The van der Waals surface area contributed by atoms with Crippen LogP contribution in [0.2, 0.25) is 0 Å². The highest BCUT2D eigenvalue weighted by atomic mass is 19.1. The van der Waals surface area contributed by atoms with Crippen molar-refractivity contribution in [1.29, 1.82) is 0 Å². The highest BCUT2D eigenvalue weighted by Gasteiger charge is 2.35. The van der Waals surface area contributed by atoms with E-state index >= 15 is 0 Å². The molecule has 4 bridgehead atoms. The standard InChI is InChI=1S/C33H34FN5O7/c1-19-3-4-22(13-26(19)39-10-8-35-33(39)43)32(42)38-9-7-27-25(17-38)37-30(40)18-45-29-14-21(5-6-28(29)44-2)31(41)36-16-20-11-23(34)15-24(12-20)46-27/h3-6,11-15,25,27H,7-10,16-18H2,1-2H3,(H,35,43)(H,36,41)(H,37,40)/t25-,27+/m1/s1. The normalized spacial score (nSPS) is 20.0. The number of benzene rings is 3. The summed E-state index contributed by atoms with van der Waals surface area (Å²) in [5, 5.41) is 8.47. The molecule has 46 heavy (non-hydrogen) atoms. The minimum absolute atomic E-state index is 0.0416. The molecule has 0 radical (unpaired) electrons. The number of methoxy groups -OCH3 is 1. The summed E-state index contributed by atoms with van der Waals surface area (Å²) in [4.78, 5) is 55.4. The first-order chi connectivity index (χ1) is 22.2. The molecule has 2 saturated heterocycles. The molecule has 3 aromatic carbocycles. The number of rotatable bonds is 3. The SMILES string of the molecule is COc1ccc2cc1OCC(=O)N[C@@H]1CN(C(=O)c3ccc(C)c(N4CCNC4=O)c3)CC[C@@H]1Oc1cc(F)cc(c1)CNC2=O. The molecule has 0 aliphatic carbocycles. The van der Waals surface area contributed by atoms with Gasteiger partial charge in [-0.15, -0.1) is 0 Å². The number of nitrogens with zero attached hydrogens (tertiary/aromatic N) is 2. The molecule has 13 heteroatoms. The average Bonchev–Trinajstić information content (AvgIpc) is 3.47. The topological polar surface area (TPSA) is 139 Å². The van der Waals surface area contributed by atoms with E-state index in [-0.39, 0.29) is 42.1 Å². The van der Waals surface area contributed by atoms with Crippen LogP contribution in [0.4, 0.5) is 14.9 Å². The van der Waals surface area contributed by atoms with Crippen molar-refractivity contribution in [2.45, 2.75) is 32.0 Å². The second-order valence-corrected chi connectivity index (χ2v) is 11.4. The Kier molecular flexibility index (Phi) is 8.64. The molecule has 2 fully saturated rings. The Labute approximate surface area is 264 Å². The molecule has 0 unspecified atom stereocenters. The van der Waals surface area contributed by atoms with Gasteiger partial charge in [-0.05, 0) is 60.5 Å². The van der Waals surface area contributed by atoms with E-state index in [9.17, 15) is 23.6 Å². The number of fused-ring (bicyclic) bond motifs is 5. The number of hydrogen-bond donors (Lipinski definition) is 3. The molecule has 3 aliphatic heterocycles. The monoisotopic (exact) mass is 631 g/mol. The lowest BCUT2D eigenvalue weighted by molar-refractivity contribution is -0.125. The quantitative estimate of drug-likeness (QED) is 0.404. The highest BCUT2D eigenvalue weighted by Crippen LogP contribution is 2.29. The van der Waals surface area contributed by atoms with Crippen molar-refractivity contribution >= 4 is 29.4 Å². The lowest BCUT2D eigenvalue weighted by atomic mass is 10.00. The fraction of sp³-hybridized carbons (Fsp3) is 0.333. The van der Waals surface area contributed by atoms with Gasteiger partial charge in [-0.25, -0.2) is 9.18 Å². The lowest BCUT2D eigenvalue weighted by Gasteiger charge is -2.39. The van der Waals surface area contributed by atoms with E-state index in [1.807, 2.05) is 13.0 Å². The number of halogens is 1. The number of hydrogen-bond acceptors (Lipinski definition) is 7. The van der Waals surface area contributed by atoms with Gasteiger partial charge in [-0.1, -0.05) is 6.07 Å². The molecule has 12 nitrogen and oxygen atoms in total. The van der Waals surface area contributed by atoms with Crippen LogP contribution in [0, 0.1) is 12.7 Å². The predicted molar refractivity (Wildman–Crippen MR) is 165 cm³/mol. The molecule has 5 amide bonds. The third kappa shape index (κ3) is 6.53. The number of nitrogens with one attached hydrogen (secondary N) is 3. The first-order valence-corrected chi connectivity index (χ1v) is 15.0. The zero-order valence-corrected chi connectivity index (χ0v) is 25.4. The summed E-state index contributed by atoms with van der Waals surface area (Å²) in [6.07, 6.45) is -0.270. The highest BCUT2D eigenvalue weighted by molar-refractivity contribution is 5.99. The second-order valence-electron chi connectivity index (χ2n) is 11.4. The minimum Gasteiger partial charge on any atom is -0.493 e. The Hall–Kier alpha value is -5.33. The number of aryl methyl sites for hydroxylation is 1. The maximum absolute atomic E-state index is 14.7. The third-order valence-electron chi connectivity index (χ3n) is 8.24. The van der Waals surface area contributed by atoms with Crippen LogP contribution in [0.25, 0.3) is 0 Å². The van der Waals surface area contributed by atoms with E-state index in [1.54, 1.807) is 40.1 Å². The molecule has 0 spiro atoms. The van der Waals surface area contributed by atoms with Crippen molar-refractivity contribution in [1.82, 2.24) is 20.9 Å². The molecule has 6 rings (SSSR count). The van der Waals surface area contributed by atoms with Crippen molar-refractivity contribution in [3.05, 3.63) is 82.7 Å². The van der Waals surface area contributed by atoms with E-state index in [4.69, 9.17) is 14.2 Å². The molecule has 2 atom stereocenters. The number of ether oxygens (including phenoxy) is 3. The number of anilines is 1. The van der Waals surface area contributed by atoms with Gasteiger partial charge in [0.25, 0.3) is 17.7 Å². The van der Waals surface area contributed by atoms with Crippen molar-refractivity contribution in [3.63, 3.8) is 0 Å². The molecule has 240 valence electrons. The minimum atomic E-state index is -0.671. The van der Waals surface area contributed by atoms with Crippen LogP contribution in [0.15, 0.2) is 54.6 Å². The summed E-state index contributed by atoms with van der Waals surface area (Å²) in [6, 6.07) is 13.1. The fourth-order valence-electron chi connectivity index (χ4n) is 5.88. The zero-order chi connectivity index (χ0) is 32.4. The van der Waals surface area contributed by atoms with Crippen LogP contribution in [-0.2, 0) is 11.3 Å². The fourth-order valence-corrected chi connectivity index (χ4v) is 5.88. The summed E-state index contributed by atoms with van der Waals surface area (Å²) in [7, 11) is 1.45. The summed E-state index contributed by atoms with van der Waals surface area (Å²) in [6.45, 7) is 2.96. The second kappa shape index (κ2) is 13.0. The van der Waals surface area contributed by atoms with Crippen LogP contribution < -0.4 is 35.1 Å². The molecule has 3 N–H and O–H groups in total. The Balaban J connectivity index is 1.27. The maximum atomic E-state index is 14.7. The third-order valence-corrected chi connectivity index (χ3v) is 8.24. The Bertz CT molecular complexity index is 1700. The zero-order valence-electron chi connectivity index (χ0n) is 25.4. The van der Waals surface area contributed by atoms with Crippen molar-refractivity contribution in [2.24, 2.45) is 0 Å². The average molecular weight is 632 g/mol. The van der Waals surface area contributed by atoms with Gasteiger partial charge < -0.3 is 35.1 Å². The maximum Gasteiger partial charge on any atom is 0.322 e. The number of amides is 5. The smallest absolute Gasteiger partial charge is 0.322 e. The molecular formula is C33H34FN5O7. The Morgan fingerprint density at radius 3 is 2.65 bits per heavy atom. The van der Waals surface area contributed by atoms with Crippen molar-refractivity contribution in [2.75, 3.05) is 44.8 Å². The lowest BCUT2D eigenvalue weighted by Crippen LogP contribution is -2.58. The Morgan fingerprint density at radius 2 is 1.87 bits per heavy atom. The summed E-state index contributed by atoms with van der Waals surface area (Å²) in [5.74, 6) is -0.956. The molecule has 3 heterocycles. The number of carbonyl (C=O) groups is 4. The molecular weight excluding hydrogens is 597 g/mol. The largest absolute Gasteiger partial charge is 0.493 e. The van der Waals surface area contributed by atoms with Crippen LogP contribution in [0.5, 0.6) is 17.2 Å². The van der Waals surface area contributed by atoms with E-state index in [0.717, 1.165) is 5.56 Å². The van der Waals surface area contributed by atoms with Gasteiger partial charge >= 0.3 is 6.03 Å². The number of piperidine rings is 1. The number of carbonyl (C=O) groups excluding carboxylic acids is 4. The van der Waals surface area contributed by atoms with Gasteiger partial charge in [0.05, 0.1) is 13.2 Å². The van der Waals surface area contributed by atoms with Crippen LogP contribution in [0.3, 0.4) is 0 Å². The van der Waals surface area contributed by atoms with Gasteiger partial charge in [0.2, 0.25) is 0 Å². The van der Waals surface area contributed by atoms with E-state index in [1.165, 1.54) is 25.3 Å². The molecule has 0 aromatic heterocycles. The van der Waals surface area contributed by atoms with Gasteiger partial charge in [0.1, 0.15) is 17.7 Å². The molecule has 3 aliphatic rings. The van der Waals surface area contributed by atoms with E-state index in [2.05, 4.69) is 16.0 Å². The van der Waals surface area contributed by atoms with Crippen LogP contribution in [-0.4, -0.2) is 80.7 Å². The number of urea groups is 1. The van der Waals surface area contributed by atoms with Gasteiger partial charge in [-0.3, -0.25) is 19.3 Å². The van der Waals surface area contributed by atoms with E-state index < -0.39 is 36.4 Å². The van der Waals surface area contributed by atoms with Gasteiger partial charge in [0, 0.05) is 62.0 Å². The summed E-state index contributed by atoms with van der Waals surface area (Å²) >= 11 is 0. The van der Waals surface area contributed by atoms with Crippen LogP contribution >= 0.6 is 0 Å². The molecule has 3 aromatic rings.